The van der Waals surface area contributed by atoms with Crippen molar-refractivity contribution in [2.24, 2.45) is 5.92 Å². The monoisotopic (exact) mass is 838 g/mol. The fraction of sp³-hybridized carbons (Fsp3) is 0.610. The van der Waals surface area contributed by atoms with Crippen molar-refractivity contribution in [3.8, 4) is 17.5 Å². The molecule has 2 aliphatic heterocycles. The second kappa shape index (κ2) is 17.0. The lowest BCUT2D eigenvalue weighted by atomic mass is 10.0. The first-order chi connectivity index (χ1) is 27.7. The molecule has 3 aliphatic rings. The molecule has 0 unspecified atom stereocenters. The van der Waals surface area contributed by atoms with Gasteiger partial charge in [-0.2, -0.15) is 17.7 Å². The number of hydrogen-bond donors (Lipinski definition) is 3. The summed E-state index contributed by atoms with van der Waals surface area (Å²) in [6.07, 6.45) is 5.52. The highest BCUT2D eigenvalue weighted by Crippen LogP contribution is 2.46. The van der Waals surface area contributed by atoms with Gasteiger partial charge < -0.3 is 29.4 Å². The number of para-hydroxylation sites is 1. The van der Waals surface area contributed by atoms with E-state index in [1.807, 2.05) is 62.6 Å². The van der Waals surface area contributed by atoms with Crippen LogP contribution in [-0.2, 0) is 35.9 Å². The number of nitrogens with zero attached hydrogens (tertiary/aromatic N) is 5. The molecule has 3 N–H and O–H groups in total. The maximum absolute atomic E-state index is 14.6. The van der Waals surface area contributed by atoms with Gasteiger partial charge in [0, 0.05) is 33.0 Å². The third-order valence-electron chi connectivity index (χ3n) is 11.0. The highest BCUT2D eigenvalue weighted by molar-refractivity contribution is 7.87. The van der Waals surface area contributed by atoms with E-state index in [2.05, 4.69) is 15.4 Å². The highest BCUT2D eigenvalue weighted by atomic mass is 32.2. The van der Waals surface area contributed by atoms with Crippen LogP contribution in [0, 0.1) is 12.8 Å². The molecule has 2 aromatic heterocycles. The van der Waals surface area contributed by atoms with E-state index in [1.165, 1.54) is 19.0 Å². The second-order valence-corrected chi connectivity index (χ2v) is 19.0. The summed E-state index contributed by atoms with van der Waals surface area (Å²) >= 11 is 0. The van der Waals surface area contributed by atoms with Crippen molar-refractivity contribution in [1.29, 1.82) is 0 Å². The number of allylic oxidation sites excluding steroid dienone is 1. The van der Waals surface area contributed by atoms with Crippen molar-refractivity contribution in [3.63, 3.8) is 0 Å². The van der Waals surface area contributed by atoms with Crippen LogP contribution in [0.15, 0.2) is 34.8 Å². The van der Waals surface area contributed by atoms with E-state index in [0.29, 0.717) is 42.8 Å². The Morgan fingerprint density at radius 3 is 2.54 bits per heavy atom. The lowest BCUT2D eigenvalue weighted by molar-refractivity contribution is -0.141. The van der Waals surface area contributed by atoms with Gasteiger partial charge in [0.15, 0.2) is 0 Å². The number of benzene rings is 1. The number of ether oxygens (including phenoxy) is 2. The standard InChI is InChI=1S/C41H58N8O9S/c1-10-48-30-20-16-18-28(35-43-32(24(2)3)25(4)56-35)33(30)44-38(48)57-27-21-31-34(50)45-41(37(52)46-59(54,55)47(8)9)22-26(41)17-14-12-11-13-15-19-29(36(51)49(31)23-27)42-39(53)58-40(5,6)7/h14,16-18,20,24,26-27,29,31H,10-13,15,19,21-23H2,1-9H3,(H,42,53)(H,45,50)(H,46,52)/b17-14-/t26-,27-,29+,31+,41-/m1/s1. The number of aromatic nitrogens is 3. The summed E-state index contributed by atoms with van der Waals surface area (Å²) in [6.45, 7) is 13.6. The van der Waals surface area contributed by atoms with Gasteiger partial charge in [-0.25, -0.2) is 14.5 Å². The minimum absolute atomic E-state index is 0.0153. The molecule has 6 rings (SSSR count). The Labute approximate surface area is 345 Å². The molecular formula is C41H58N8O9S. The van der Waals surface area contributed by atoms with Gasteiger partial charge in [0.05, 0.1) is 23.3 Å². The molecule has 0 spiro atoms. The van der Waals surface area contributed by atoms with Gasteiger partial charge in [0.25, 0.3) is 11.9 Å². The van der Waals surface area contributed by atoms with Gasteiger partial charge in [0.2, 0.25) is 17.7 Å². The molecule has 18 heteroatoms. The van der Waals surface area contributed by atoms with Gasteiger partial charge in [-0.1, -0.05) is 44.9 Å². The molecule has 5 atom stereocenters. The van der Waals surface area contributed by atoms with Gasteiger partial charge in [-0.15, -0.1) is 0 Å². The normalized spacial score (nSPS) is 24.8. The van der Waals surface area contributed by atoms with Crippen LogP contribution >= 0.6 is 0 Å². The predicted molar refractivity (Wildman–Crippen MR) is 219 cm³/mol. The number of aryl methyl sites for hydroxylation is 2. The van der Waals surface area contributed by atoms with E-state index in [0.717, 1.165) is 34.1 Å². The Bertz CT molecular complexity index is 2220. The van der Waals surface area contributed by atoms with Crippen molar-refractivity contribution < 1.29 is 41.5 Å². The number of rotatable bonds is 9. The number of alkyl carbamates (subject to hydrolysis) is 1. The average Bonchev–Trinajstić information content (AvgIpc) is 3.41. The van der Waals surface area contributed by atoms with Crippen LogP contribution < -0.4 is 20.1 Å². The quantitative estimate of drug-likeness (QED) is 0.252. The Morgan fingerprint density at radius 2 is 1.88 bits per heavy atom. The lowest BCUT2D eigenvalue weighted by Crippen LogP contribution is -2.58. The summed E-state index contributed by atoms with van der Waals surface area (Å²) in [5.41, 5.74) is 0.534. The first-order valence-electron chi connectivity index (χ1n) is 20.4. The fourth-order valence-electron chi connectivity index (χ4n) is 7.82. The third-order valence-corrected chi connectivity index (χ3v) is 12.4. The minimum Gasteiger partial charge on any atom is -0.459 e. The largest absolute Gasteiger partial charge is 0.459 e. The van der Waals surface area contributed by atoms with Crippen LogP contribution in [0.25, 0.3) is 22.5 Å². The van der Waals surface area contributed by atoms with Gasteiger partial charge >= 0.3 is 16.3 Å². The van der Waals surface area contributed by atoms with E-state index in [9.17, 15) is 27.6 Å². The van der Waals surface area contributed by atoms with Crippen LogP contribution in [0.1, 0.15) is 104 Å². The van der Waals surface area contributed by atoms with Crippen molar-refractivity contribution in [2.45, 2.75) is 135 Å². The molecule has 4 heterocycles. The Morgan fingerprint density at radius 1 is 1.14 bits per heavy atom. The molecule has 0 radical (unpaired) electrons. The third kappa shape index (κ3) is 9.43. The minimum atomic E-state index is -4.18. The summed E-state index contributed by atoms with van der Waals surface area (Å²) in [5, 5.41) is 5.61. The summed E-state index contributed by atoms with van der Waals surface area (Å²) in [4.78, 5) is 67.0. The van der Waals surface area contributed by atoms with E-state index >= 15 is 0 Å². The molecule has 17 nitrogen and oxygen atoms in total. The predicted octanol–water partition coefficient (Wildman–Crippen LogP) is 4.70. The zero-order valence-electron chi connectivity index (χ0n) is 35.5. The van der Waals surface area contributed by atoms with Crippen LogP contribution in [0.3, 0.4) is 0 Å². The Kier molecular flexibility index (Phi) is 12.5. The van der Waals surface area contributed by atoms with E-state index in [-0.39, 0.29) is 31.3 Å². The van der Waals surface area contributed by atoms with Gasteiger partial charge in [0.1, 0.15) is 40.6 Å². The summed E-state index contributed by atoms with van der Waals surface area (Å²) in [7, 11) is -1.60. The zero-order chi connectivity index (χ0) is 43.0. The van der Waals surface area contributed by atoms with Crippen LogP contribution in [-0.4, -0.2) is 106 Å². The van der Waals surface area contributed by atoms with Crippen molar-refractivity contribution in [3.05, 3.63) is 41.8 Å². The van der Waals surface area contributed by atoms with Gasteiger partial charge in [-0.05, 0) is 78.4 Å². The smallest absolute Gasteiger partial charge is 0.408 e. The van der Waals surface area contributed by atoms with Crippen molar-refractivity contribution in [1.82, 2.24) is 39.1 Å². The number of imidazole rings is 1. The summed E-state index contributed by atoms with van der Waals surface area (Å²) < 4.78 is 48.6. The molecule has 1 aromatic carbocycles. The molecule has 3 aromatic rings. The van der Waals surface area contributed by atoms with E-state index in [1.54, 1.807) is 20.8 Å². The SMILES string of the molecule is CCn1c(O[C@@H]2C[C@H]3C(=O)N[C@]4(C(=O)NS(=O)(=O)N(C)C)C[C@H]4/C=C\CCCCC[C@H](NC(=O)OC(C)(C)C)C(=O)N3C2)nc2c(-c3nc(C(C)C)c(C)o3)cccc21. The number of carbonyl (C=O) groups is 4. The maximum atomic E-state index is 14.6. The molecule has 1 aliphatic carbocycles. The van der Waals surface area contributed by atoms with Crippen LogP contribution in [0.5, 0.6) is 6.01 Å². The molecule has 1 saturated carbocycles. The Balaban J connectivity index is 1.35. The first-order valence-corrected chi connectivity index (χ1v) is 21.9. The van der Waals surface area contributed by atoms with Crippen LogP contribution in [0.4, 0.5) is 4.79 Å². The topological polar surface area (TPSA) is 207 Å². The Hall–Kier alpha value is -4.97. The molecule has 59 heavy (non-hydrogen) atoms. The van der Waals surface area contributed by atoms with Crippen LogP contribution in [0.2, 0.25) is 0 Å². The summed E-state index contributed by atoms with van der Waals surface area (Å²) in [6, 6.07) is 3.79. The second-order valence-electron chi connectivity index (χ2n) is 17.2. The van der Waals surface area contributed by atoms with E-state index in [4.69, 9.17) is 23.9 Å². The molecule has 2 fully saturated rings. The highest BCUT2D eigenvalue weighted by Gasteiger charge is 2.62. The zero-order valence-corrected chi connectivity index (χ0v) is 36.3. The molecular weight excluding hydrogens is 781 g/mol. The van der Waals surface area contributed by atoms with Gasteiger partial charge in [-0.3, -0.25) is 19.0 Å². The molecule has 322 valence electrons. The summed E-state index contributed by atoms with van der Waals surface area (Å²) in [5.74, 6) is -1.20. The molecule has 0 bridgehead atoms. The lowest BCUT2D eigenvalue weighted by Gasteiger charge is -2.30. The molecule has 1 saturated heterocycles. The number of carbonyl (C=O) groups excluding carboxylic acids is 4. The molecule has 4 amide bonds. The van der Waals surface area contributed by atoms with E-state index < -0.39 is 69.3 Å². The van der Waals surface area contributed by atoms with Crippen molar-refractivity contribution >= 4 is 45.1 Å². The fourth-order valence-corrected chi connectivity index (χ4v) is 8.42. The maximum Gasteiger partial charge on any atom is 0.408 e. The number of hydrogen-bond acceptors (Lipinski definition) is 11. The average molecular weight is 839 g/mol. The number of fused-ring (bicyclic) bond motifs is 3. The van der Waals surface area contributed by atoms with Crippen molar-refractivity contribution in [2.75, 3.05) is 20.6 Å². The number of nitrogens with one attached hydrogen (secondary N) is 3. The number of amides is 4. The first kappa shape index (κ1) is 43.6. The number of oxazole rings is 1.